The molecule has 1 fully saturated rings. The van der Waals surface area contributed by atoms with Crippen molar-refractivity contribution < 1.29 is 4.74 Å². The van der Waals surface area contributed by atoms with Crippen molar-refractivity contribution in [3.05, 3.63) is 10.6 Å². The lowest BCUT2D eigenvalue weighted by Crippen LogP contribution is -2.37. The van der Waals surface area contributed by atoms with Gasteiger partial charge in [0.25, 0.3) is 0 Å². The minimum Gasteiger partial charge on any atom is -0.379 e. The first-order valence-corrected chi connectivity index (χ1v) is 6.66. The number of aryl methyl sites for hydroxylation is 1. The van der Waals surface area contributed by atoms with Crippen LogP contribution >= 0.6 is 12.2 Å². The lowest BCUT2D eigenvalue weighted by molar-refractivity contribution is 0.0369. The van der Waals surface area contributed by atoms with Crippen LogP contribution in [-0.4, -0.2) is 52.5 Å². The van der Waals surface area contributed by atoms with Crippen molar-refractivity contribution in [2.24, 2.45) is 0 Å². The highest BCUT2D eigenvalue weighted by molar-refractivity contribution is 7.71. The fourth-order valence-electron chi connectivity index (χ4n) is 2.13. The number of rotatable bonds is 5. The highest BCUT2D eigenvalue weighted by Gasteiger charge is 2.10. The molecule has 96 valence electrons. The molecule has 0 aromatic carbocycles. The van der Waals surface area contributed by atoms with E-state index in [0.717, 1.165) is 62.8 Å². The molecule has 0 saturated carbocycles. The summed E-state index contributed by atoms with van der Waals surface area (Å²) in [6.07, 6.45) is 2.03. The first-order chi connectivity index (χ1) is 8.31. The summed E-state index contributed by atoms with van der Waals surface area (Å²) in [5.41, 5.74) is 0. The Morgan fingerprint density at radius 2 is 2.12 bits per heavy atom. The maximum atomic E-state index is 5.33. The number of aromatic nitrogens is 3. The number of hydrogen-bond acceptors (Lipinski definition) is 4. The van der Waals surface area contributed by atoms with Crippen molar-refractivity contribution in [2.45, 2.75) is 26.3 Å². The average Bonchev–Trinajstić information content (AvgIpc) is 2.72. The van der Waals surface area contributed by atoms with Gasteiger partial charge >= 0.3 is 0 Å². The van der Waals surface area contributed by atoms with Gasteiger partial charge in [0.05, 0.1) is 13.2 Å². The number of morpholine rings is 1. The molecular formula is C11H20N4OS. The minimum absolute atomic E-state index is 0.740. The molecule has 17 heavy (non-hydrogen) atoms. The fraction of sp³-hybridized carbons (Fsp3) is 0.818. The van der Waals surface area contributed by atoms with Gasteiger partial charge in [-0.3, -0.25) is 10.00 Å². The first kappa shape index (κ1) is 12.7. The Balaban J connectivity index is 1.81. The SMILES string of the molecule is CCc1n[nH]c(=S)n1CCCN1CCOCC1. The molecule has 0 aliphatic carbocycles. The molecule has 1 saturated heterocycles. The molecule has 1 N–H and O–H groups in total. The molecular weight excluding hydrogens is 236 g/mol. The molecule has 1 aliphatic rings. The van der Waals surface area contributed by atoms with E-state index in [1.807, 2.05) is 0 Å². The lowest BCUT2D eigenvalue weighted by atomic mass is 10.3. The smallest absolute Gasteiger partial charge is 0.195 e. The Labute approximate surface area is 107 Å². The molecule has 0 atom stereocenters. The number of nitrogens with zero attached hydrogens (tertiary/aromatic N) is 3. The van der Waals surface area contributed by atoms with E-state index in [-0.39, 0.29) is 0 Å². The van der Waals surface area contributed by atoms with E-state index in [1.54, 1.807) is 0 Å². The molecule has 0 spiro atoms. The quantitative estimate of drug-likeness (QED) is 0.805. The summed E-state index contributed by atoms with van der Waals surface area (Å²) >= 11 is 5.22. The second kappa shape index (κ2) is 6.28. The molecule has 0 unspecified atom stereocenters. The van der Waals surface area contributed by atoms with Crippen LogP contribution in [0.15, 0.2) is 0 Å². The third-order valence-electron chi connectivity index (χ3n) is 3.11. The summed E-state index contributed by atoms with van der Waals surface area (Å²) in [6, 6.07) is 0. The van der Waals surface area contributed by atoms with Crippen LogP contribution in [0, 0.1) is 4.77 Å². The minimum atomic E-state index is 0.740. The van der Waals surface area contributed by atoms with E-state index in [9.17, 15) is 0 Å². The van der Waals surface area contributed by atoms with Gasteiger partial charge < -0.3 is 9.30 Å². The summed E-state index contributed by atoms with van der Waals surface area (Å²) in [5.74, 6) is 1.05. The molecule has 6 heteroatoms. The molecule has 5 nitrogen and oxygen atoms in total. The third-order valence-corrected chi connectivity index (χ3v) is 3.42. The Hall–Kier alpha value is -0.720. The van der Waals surface area contributed by atoms with E-state index in [1.165, 1.54) is 0 Å². The van der Waals surface area contributed by atoms with E-state index < -0.39 is 0 Å². The number of hydrogen-bond donors (Lipinski definition) is 1. The third kappa shape index (κ3) is 3.37. The average molecular weight is 256 g/mol. The van der Waals surface area contributed by atoms with Crippen LogP contribution in [0.2, 0.25) is 0 Å². The standard InChI is InChI=1S/C11H20N4OS/c1-2-10-12-13-11(17)15(10)5-3-4-14-6-8-16-9-7-14/h2-9H2,1H3,(H,13,17). The molecule has 0 radical (unpaired) electrons. The van der Waals surface area contributed by atoms with Crippen LogP contribution < -0.4 is 0 Å². The van der Waals surface area contributed by atoms with Gasteiger partial charge in [-0.05, 0) is 18.6 Å². The molecule has 2 rings (SSSR count). The summed E-state index contributed by atoms with van der Waals surface area (Å²) in [5, 5.41) is 7.07. The maximum absolute atomic E-state index is 5.33. The van der Waals surface area contributed by atoms with Gasteiger partial charge in [-0.1, -0.05) is 6.92 Å². The van der Waals surface area contributed by atoms with Crippen LogP contribution in [0.5, 0.6) is 0 Å². The van der Waals surface area contributed by atoms with Gasteiger partial charge in [0.1, 0.15) is 5.82 Å². The Kier molecular flexibility index (Phi) is 4.70. The van der Waals surface area contributed by atoms with Crippen LogP contribution in [0.25, 0.3) is 0 Å². The van der Waals surface area contributed by atoms with Gasteiger partial charge in [-0.2, -0.15) is 5.10 Å². The summed E-state index contributed by atoms with van der Waals surface area (Å²) in [6.45, 7) is 8.00. The van der Waals surface area contributed by atoms with Crippen molar-refractivity contribution in [2.75, 3.05) is 32.8 Å². The highest BCUT2D eigenvalue weighted by Crippen LogP contribution is 2.03. The Morgan fingerprint density at radius 1 is 1.35 bits per heavy atom. The number of nitrogens with one attached hydrogen (secondary N) is 1. The Bertz CT molecular complexity index is 394. The zero-order valence-electron chi connectivity index (χ0n) is 10.3. The molecule has 2 heterocycles. The van der Waals surface area contributed by atoms with Gasteiger partial charge in [0, 0.05) is 32.6 Å². The second-order valence-corrected chi connectivity index (χ2v) is 4.64. The number of H-pyrrole nitrogens is 1. The maximum Gasteiger partial charge on any atom is 0.195 e. The van der Waals surface area contributed by atoms with Crippen LogP contribution in [0.1, 0.15) is 19.2 Å². The van der Waals surface area contributed by atoms with E-state index in [0.29, 0.717) is 0 Å². The topological polar surface area (TPSA) is 46.1 Å². The molecule has 1 aliphatic heterocycles. The van der Waals surface area contributed by atoms with Gasteiger partial charge in [0.2, 0.25) is 0 Å². The van der Waals surface area contributed by atoms with Gasteiger partial charge in [0.15, 0.2) is 4.77 Å². The molecule has 0 bridgehead atoms. The highest BCUT2D eigenvalue weighted by atomic mass is 32.1. The summed E-state index contributed by atoms with van der Waals surface area (Å²) in [7, 11) is 0. The van der Waals surface area contributed by atoms with E-state index >= 15 is 0 Å². The lowest BCUT2D eigenvalue weighted by Gasteiger charge is -2.26. The second-order valence-electron chi connectivity index (χ2n) is 4.26. The normalized spacial score (nSPS) is 17.5. The monoisotopic (exact) mass is 256 g/mol. The van der Waals surface area contributed by atoms with Crippen molar-refractivity contribution in [1.29, 1.82) is 0 Å². The van der Waals surface area contributed by atoms with E-state index in [2.05, 4.69) is 26.6 Å². The molecule has 0 amide bonds. The van der Waals surface area contributed by atoms with Crippen LogP contribution in [-0.2, 0) is 17.7 Å². The zero-order valence-corrected chi connectivity index (χ0v) is 11.1. The predicted molar refractivity (Wildman–Crippen MR) is 68.7 cm³/mol. The van der Waals surface area contributed by atoms with Crippen molar-refractivity contribution in [3.63, 3.8) is 0 Å². The predicted octanol–water partition coefficient (Wildman–Crippen LogP) is 1.23. The number of ether oxygens (including phenoxy) is 1. The molecule has 1 aromatic rings. The Morgan fingerprint density at radius 3 is 2.82 bits per heavy atom. The molecule has 1 aromatic heterocycles. The largest absolute Gasteiger partial charge is 0.379 e. The van der Waals surface area contributed by atoms with Crippen LogP contribution in [0.4, 0.5) is 0 Å². The van der Waals surface area contributed by atoms with Crippen LogP contribution in [0.3, 0.4) is 0 Å². The summed E-state index contributed by atoms with van der Waals surface area (Å²) in [4.78, 5) is 2.44. The zero-order chi connectivity index (χ0) is 12.1. The first-order valence-electron chi connectivity index (χ1n) is 6.25. The van der Waals surface area contributed by atoms with Gasteiger partial charge in [-0.15, -0.1) is 0 Å². The van der Waals surface area contributed by atoms with Crippen molar-refractivity contribution >= 4 is 12.2 Å². The fourth-order valence-corrected chi connectivity index (χ4v) is 2.37. The van der Waals surface area contributed by atoms with Crippen molar-refractivity contribution in [1.82, 2.24) is 19.7 Å². The van der Waals surface area contributed by atoms with Gasteiger partial charge in [-0.25, -0.2) is 0 Å². The van der Waals surface area contributed by atoms with Crippen molar-refractivity contribution in [3.8, 4) is 0 Å². The summed E-state index contributed by atoms with van der Waals surface area (Å²) < 4.78 is 8.18. The number of aromatic amines is 1. The van der Waals surface area contributed by atoms with E-state index in [4.69, 9.17) is 17.0 Å².